The molecule has 1 aliphatic heterocycles. The van der Waals surface area contributed by atoms with E-state index in [1.807, 2.05) is 37.0 Å². The Balaban J connectivity index is 2.12. The van der Waals surface area contributed by atoms with Crippen molar-refractivity contribution in [3.05, 3.63) is 23.9 Å². The Morgan fingerprint density at radius 3 is 3.05 bits per heavy atom. The number of carbonyl (C=O) groups is 1. The fourth-order valence-electron chi connectivity index (χ4n) is 2.51. The first-order valence-corrected chi connectivity index (χ1v) is 6.34. The number of aliphatic imine (C=N–C) groups is 1. The predicted molar refractivity (Wildman–Crippen MR) is 72.9 cm³/mol. The van der Waals surface area contributed by atoms with Gasteiger partial charge in [0.05, 0.1) is 24.9 Å². The quantitative estimate of drug-likeness (QED) is 0.814. The van der Waals surface area contributed by atoms with Gasteiger partial charge in [0.15, 0.2) is 0 Å². The molecule has 0 aromatic heterocycles. The van der Waals surface area contributed by atoms with E-state index in [2.05, 4.69) is 16.4 Å². The lowest BCUT2D eigenvalue weighted by molar-refractivity contribution is -0.120. The molecule has 0 aromatic rings. The Morgan fingerprint density at radius 2 is 2.42 bits per heavy atom. The molecular weight excluding hydrogens is 240 g/mol. The van der Waals surface area contributed by atoms with E-state index in [1.54, 1.807) is 6.34 Å². The SMILES string of the molecule is CC(=O)NC1(C)CN(C2=CC=CC(C#N)C2C)C=N1. The number of rotatable bonds is 2. The van der Waals surface area contributed by atoms with Crippen LogP contribution in [0.25, 0.3) is 0 Å². The third kappa shape index (κ3) is 2.68. The lowest BCUT2D eigenvalue weighted by Gasteiger charge is -2.30. The molecule has 1 heterocycles. The van der Waals surface area contributed by atoms with Crippen molar-refractivity contribution >= 4 is 12.2 Å². The lowest BCUT2D eigenvalue weighted by Crippen LogP contribution is -2.47. The second-order valence-corrected chi connectivity index (χ2v) is 5.25. The average Bonchev–Trinajstić information content (AvgIpc) is 2.70. The van der Waals surface area contributed by atoms with Gasteiger partial charge in [-0.3, -0.25) is 4.79 Å². The van der Waals surface area contributed by atoms with E-state index in [-0.39, 0.29) is 17.7 Å². The summed E-state index contributed by atoms with van der Waals surface area (Å²) >= 11 is 0. The van der Waals surface area contributed by atoms with Gasteiger partial charge in [0.25, 0.3) is 0 Å². The van der Waals surface area contributed by atoms with Crippen molar-refractivity contribution in [1.29, 1.82) is 5.26 Å². The molecule has 0 aromatic carbocycles. The van der Waals surface area contributed by atoms with E-state index in [0.29, 0.717) is 6.54 Å². The molecule has 100 valence electrons. The van der Waals surface area contributed by atoms with Crippen molar-refractivity contribution < 1.29 is 4.79 Å². The maximum atomic E-state index is 11.2. The number of hydrogen-bond acceptors (Lipinski definition) is 4. The molecule has 1 N–H and O–H groups in total. The summed E-state index contributed by atoms with van der Waals surface area (Å²) in [4.78, 5) is 17.6. The summed E-state index contributed by atoms with van der Waals surface area (Å²) in [5, 5.41) is 11.9. The second-order valence-electron chi connectivity index (χ2n) is 5.25. The number of nitrogens with zero attached hydrogens (tertiary/aromatic N) is 3. The number of hydrogen-bond donors (Lipinski definition) is 1. The van der Waals surface area contributed by atoms with E-state index in [1.165, 1.54) is 6.92 Å². The van der Waals surface area contributed by atoms with Gasteiger partial charge in [-0.15, -0.1) is 0 Å². The summed E-state index contributed by atoms with van der Waals surface area (Å²) in [6.07, 6.45) is 7.56. The molecule has 19 heavy (non-hydrogen) atoms. The summed E-state index contributed by atoms with van der Waals surface area (Å²) in [5.41, 5.74) is 0.474. The molecule has 1 aliphatic carbocycles. The minimum Gasteiger partial charge on any atom is -0.332 e. The van der Waals surface area contributed by atoms with Crippen LogP contribution in [-0.2, 0) is 4.79 Å². The molecule has 0 radical (unpaired) electrons. The second kappa shape index (κ2) is 4.88. The molecule has 5 heteroatoms. The molecule has 0 saturated carbocycles. The Hall–Kier alpha value is -2.09. The first-order chi connectivity index (χ1) is 8.95. The van der Waals surface area contributed by atoms with Gasteiger partial charge >= 0.3 is 0 Å². The smallest absolute Gasteiger partial charge is 0.218 e. The molecule has 0 fully saturated rings. The molecule has 2 rings (SSSR count). The van der Waals surface area contributed by atoms with Crippen molar-refractivity contribution in [2.24, 2.45) is 16.8 Å². The van der Waals surface area contributed by atoms with Crippen LogP contribution in [-0.4, -0.2) is 29.4 Å². The van der Waals surface area contributed by atoms with E-state index in [4.69, 9.17) is 5.26 Å². The van der Waals surface area contributed by atoms with Gasteiger partial charge in [-0.1, -0.05) is 19.1 Å². The van der Waals surface area contributed by atoms with Crippen LogP contribution in [0.4, 0.5) is 0 Å². The summed E-state index contributed by atoms with van der Waals surface area (Å²) in [6.45, 7) is 6.00. The van der Waals surface area contributed by atoms with Gasteiger partial charge in [-0.2, -0.15) is 5.26 Å². The van der Waals surface area contributed by atoms with Crippen molar-refractivity contribution in [2.45, 2.75) is 26.4 Å². The van der Waals surface area contributed by atoms with Gasteiger partial charge in [0, 0.05) is 18.5 Å². The summed E-state index contributed by atoms with van der Waals surface area (Å²) in [5.74, 6) is -0.0795. The Bertz CT molecular complexity index is 514. The van der Waals surface area contributed by atoms with Crippen LogP contribution in [0.2, 0.25) is 0 Å². The van der Waals surface area contributed by atoms with Gasteiger partial charge in [-0.05, 0) is 13.0 Å². The number of allylic oxidation sites excluding steroid dienone is 4. The van der Waals surface area contributed by atoms with Crippen LogP contribution < -0.4 is 5.32 Å². The highest BCUT2D eigenvalue weighted by Gasteiger charge is 2.35. The van der Waals surface area contributed by atoms with Crippen molar-refractivity contribution in [1.82, 2.24) is 10.2 Å². The molecular formula is C14H18N4O. The fraction of sp³-hybridized carbons (Fsp3) is 0.500. The van der Waals surface area contributed by atoms with Gasteiger partial charge in [-0.25, -0.2) is 4.99 Å². The standard InChI is InChI=1S/C14H18N4O/c1-10-12(7-15)5-4-6-13(10)18-8-14(3,16-9-18)17-11(2)19/h4-6,9-10,12H,8H2,1-3H3,(H,17,19). The van der Waals surface area contributed by atoms with Crippen molar-refractivity contribution in [3.63, 3.8) is 0 Å². The van der Waals surface area contributed by atoms with E-state index in [0.717, 1.165) is 5.70 Å². The zero-order valence-corrected chi connectivity index (χ0v) is 11.4. The van der Waals surface area contributed by atoms with Gasteiger partial charge < -0.3 is 10.2 Å². The zero-order valence-electron chi connectivity index (χ0n) is 11.4. The van der Waals surface area contributed by atoms with Crippen molar-refractivity contribution in [2.75, 3.05) is 6.54 Å². The van der Waals surface area contributed by atoms with Crippen LogP contribution in [0, 0.1) is 23.2 Å². The zero-order chi connectivity index (χ0) is 14.0. The van der Waals surface area contributed by atoms with E-state index in [9.17, 15) is 4.79 Å². The third-order valence-corrected chi connectivity index (χ3v) is 3.48. The molecule has 2 aliphatic rings. The Kier molecular flexibility index (Phi) is 3.43. The van der Waals surface area contributed by atoms with Crippen molar-refractivity contribution in [3.8, 4) is 6.07 Å². The summed E-state index contributed by atoms with van der Waals surface area (Å²) < 4.78 is 0. The van der Waals surface area contributed by atoms with Crippen LogP contribution >= 0.6 is 0 Å². The lowest BCUT2D eigenvalue weighted by atomic mass is 9.87. The first kappa shape index (κ1) is 13.3. The maximum absolute atomic E-state index is 11.2. The molecule has 0 saturated heterocycles. The maximum Gasteiger partial charge on any atom is 0.218 e. The fourth-order valence-corrected chi connectivity index (χ4v) is 2.51. The van der Waals surface area contributed by atoms with Gasteiger partial charge in [0.2, 0.25) is 5.91 Å². The largest absolute Gasteiger partial charge is 0.332 e. The topological polar surface area (TPSA) is 68.5 Å². The monoisotopic (exact) mass is 258 g/mol. The normalized spacial score (nSPS) is 32.9. The van der Waals surface area contributed by atoms with E-state index < -0.39 is 5.66 Å². The Morgan fingerprint density at radius 1 is 1.68 bits per heavy atom. The minimum absolute atomic E-state index is 0.0954. The highest BCUT2D eigenvalue weighted by molar-refractivity contribution is 5.75. The molecule has 1 amide bonds. The number of nitriles is 1. The molecule has 0 bridgehead atoms. The van der Waals surface area contributed by atoms with Gasteiger partial charge in [0.1, 0.15) is 5.66 Å². The Labute approximate surface area is 113 Å². The van der Waals surface area contributed by atoms with Crippen LogP contribution in [0.3, 0.4) is 0 Å². The molecule has 3 unspecified atom stereocenters. The van der Waals surface area contributed by atoms with Crippen LogP contribution in [0.5, 0.6) is 0 Å². The summed E-state index contributed by atoms with van der Waals surface area (Å²) in [6, 6.07) is 2.29. The average molecular weight is 258 g/mol. The van der Waals surface area contributed by atoms with Crippen LogP contribution in [0.1, 0.15) is 20.8 Å². The van der Waals surface area contributed by atoms with E-state index >= 15 is 0 Å². The number of amides is 1. The number of carbonyl (C=O) groups excluding carboxylic acids is 1. The highest BCUT2D eigenvalue weighted by Crippen LogP contribution is 2.30. The highest BCUT2D eigenvalue weighted by atomic mass is 16.1. The molecule has 3 atom stereocenters. The predicted octanol–water partition coefficient (Wildman–Crippen LogP) is 1.41. The number of nitrogens with one attached hydrogen (secondary N) is 1. The third-order valence-electron chi connectivity index (χ3n) is 3.48. The molecule has 5 nitrogen and oxygen atoms in total. The van der Waals surface area contributed by atoms with Crippen LogP contribution in [0.15, 0.2) is 28.9 Å². The minimum atomic E-state index is -0.588. The first-order valence-electron chi connectivity index (χ1n) is 6.34. The summed E-state index contributed by atoms with van der Waals surface area (Å²) in [7, 11) is 0. The molecule has 0 spiro atoms.